The summed E-state index contributed by atoms with van der Waals surface area (Å²) < 4.78 is 30.3. The molecule has 10 heteroatoms. The number of phosphoric ester groups is 1. The number of quaternary nitrogens is 1. The standard InChI is InChI=1S/C67H117N2O7P/c1-7-10-13-16-19-22-25-28-30-31-32-33-34-35-36-37-39-41-44-47-50-53-56-59-66(70)68-64(63-75-77(72,73)74-62-61-69(4,5)6)65(58-55-52-49-46-43-40-27-24-21-18-15-12-9-3)76-67(71)60-57-54-51-48-45-42-38-29-26-23-20-17-14-11-8-2/h10-11,13-14,17,19-20,22-23,26,28,30,32-33,35-36,55,58,64-65H,7-9,12,15-16,18,21,24-25,27,29,31,34,37-54,56-57,59-63H2,1-6H3,(H-,68,70,72,73)/b13-10-,14-11+,20-17+,22-19-,26-23+,30-28-,33-32-,36-35-,58-55-. The topological polar surface area (TPSA) is 114 Å². The molecule has 0 aromatic carbocycles. The minimum atomic E-state index is -4.71. The van der Waals surface area contributed by atoms with Gasteiger partial charge >= 0.3 is 5.97 Å². The summed E-state index contributed by atoms with van der Waals surface area (Å²) in [7, 11) is 1.15. The molecule has 3 unspecified atom stereocenters. The Morgan fingerprint density at radius 2 is 0.896 bits per heavy atom. The summed E-state index contributed by atoms with van der Waals surface area (Å²) in [5.74, 6) is -0.572. The molecule has 0 aliphatic heterocycles. The van der Waals surface area contributed by atoms with Crippen LogP contribution in [0.2, 0.25) is 0 Å². The van der Waals surface area contributed by atoms with Crippen molar-refractivity contribution in [2.75, 3.05) is 40.9 Å². The summed E-state index contributed by atoms with van der Waals surface area (Å²) >= 11 is 0. The predicted molar refractivity (Wildman–Crippen MR) is 330 cm³/mol. The number of amides is 1. The van der Waals surface area contributed by atoms with E-state index in [-0.39, 0.29) is 24.9 Å². The Morgan fingerprint density at radius 1 is 0.481 bits per heavy atom. The Balaban J connectivity index is 5.28. The molecule has 1 amide bonds. The van der Waals surface area contributed by atoms with E-state index in [2.05, 4.69) is 123 Å². The summed E-state index contributed by atoms with van der Waals surface area (Å²) in [6.07, 6.45) is 76.2. The summed E-state index contributed by atoms with van der Waals surface area (Å²) in [5.41, 5.74) is 0. The molecule has 0 heterocycles. The Kier molecular flexibility index (Phi) is 53.5. The predicted octanol–water partition coefficient (Wildman–Crippen LogP) is 18.7. The maximum absolute atomic E-state index is 13.5. The van der Waals surface area contributed by atoms with E-state index in [1.807, 2.05) is 33.3 Å². The molecule has 0 rings (SSSR count). The Bertz CT molecular complexity index is 1690. The lowest BCUT2D eigenvalue weighted by atomic mass is 10.0. The first-order chi connectivity index (χ1) is 37.4. The van der Waals surface area contributed by atoms with Gasteiger partial charge in [0.1, 0.15) is 19.3 Å². The lowest BCUT2D eigenvalue weighted by molar-refractivity contribution is -0.870. The van der Waals surface area contributed by atoms with Crippen LogP contribution in [0.5, 0.6) is 0 Å². The van der Waals surface area contributed by atoms with Crippen LogP contribution in [0.4, 0.5) is 0 Å². The number of phosphoric acid groups is 1. The van der Waals surface area contributed by atoms with Crippen molar-refractivity contribution in [2.24, 2.45) is 0 Å². The van der Waals surface area contributed by atoms with Crippen molar-refractivity contribution in [1.82, 2.24) is 5.32 Å². The number of nitrogens with one attached hydrogen (secondary N) is 1. The Hall–Kier alpha value is -3.33. The molecule has 0 saturated carbocycles. The summed E-state index contributed by atoms with van der Waals surface area (Å²) in [5, 5.41) is 3.02. The van der Waals surface area contributed by atoms with Gasteiger partial charge in [-0.15, -0.1) is 0 Å². The molecule has 442 valence electrons. The molecule has 1 N–H and O–H groups in total. The van der Waals surface area contributed by atoms with Gasteiger partial charge in [0.05, 0.1) is 33.8 Å². The molecular formula is C67H117N2O7P. The van der Waals surface area contributed by atoms with Crippen LogP contribution >= 0.6 is 7.82 Å². The molecule has 0 fully saturated rings. The number of esters is 1. The van der Waals surface area contributed by atoms with Crippen molar-refractivity contribution in [2.45, 2.75) is 264 Å². The number of nitrogens with zero attached hydrogens (tertiary/aromatic N) is 1. The maximum Gasteiger partial charge on any atom is 0.306 e. The second-order valence-corrected chi connectivity index (χ2v) is 23.3. The molecule has 0 saturated heterocycles. The lowest BCUT2D eigenvalue weighted by Gasteiger charge is -2.30. The minimum Gasteiger partial charge on any atom is -0.756 e. The molecule has 0 aromatic heterocycles. The fraction of sp³-hybridized carbons (Fsp3) is 0.701. The van der Waals surface area contributed by atoms with Gasteiger partial charge in [-0.05, 0) is 96.0 Å². The molecule has 77 heavy (non-hydrogen) atoms. The third-order valence-electron chi connectivity index (χ3n) is 13.3. The van der Waals surface area contributed by atoms with Crippen LogP contribution < -0.4 is 10.2 Å². The minimum absolute atomic E-state index is 0.0323. The number of ether oxygens (including phenoxy) is 1. The molecular weight excluding hydrogens is 976 g/mol. The van der Waals surface area contributed by atoms with E-state index in [4.69, 9.17) is 13.8 Å². The van der Waals surface area contributed by atoms with Crippen LogP contribution in [-0.2, 0) is 27.9 Å². The van der Waals surface area contributed by atoms with Gasteiger partial charge in [-0.3, -0.25) is 14.2 Å². The van der Waals surface area contributed by atoms with Gasteiger partial charge < -0.3 is 28.5 Å². The fourth-order valence-corrected chi connectivity index (χ4v) is 9.21. The molecule has 0 aromatic rings. The van der Waals surface area contributed by atoms with Crippen molar-refractivity contribution < 1.29 is 37.3 Å². The highest BCUT2D eigenvalue weighted by atomic mass is 31.2. The summed E-state index contributed by atoms with van der Waals surface area (Å²) in [6, 6.07) is -0.906. The maximum atomic E-state index is 13.5. The monoisotopic (exact) mass is 1090 g/mol. The van der Waals surface area contributed by atoms with E-state index in [9.17, 15) is 19.0 Å². The second-order valence-electron chi connectivity index (χ2n) is 21.9. The van der Waals surface area contributed by atoms with Gasteiger partial charge in [-0.1, -0.05) is 252 Å². The number of rotatable bonds is 55. The van der Waals surface area contributed by atoms with E-state index >= 15 is 0 Å². The van der Waals surface area contributed by atoms with Crippen molar-refractivity contribution in [3.05, 3.63) is 109 Å². The number of likely N-dealkylation sites (N-methyl/N-ethyl adjacent to an activating group) is 1. The van der Waals surface area contributed by atoms with Gasteiger partial charge in [0, 0.05) is 12.8 Å². The molecule has 3 atom stereocenters. The third kappa shape index (κ3) is 57.2. The zero-order valence-electron chi connectivity index (χ0n) is 50.4. The highest BCUT2D eigenvalue weighted by Crippen LogP contribution is 2.38. The molecule has 9 nitrogen and oxygen atoms in total. The average Bonchev–Trinajstić information content (AvgIpc) is 3.39. The quantitative estimate of drug-likeness (QED) is 0.0161. The number of hydrogen-bond donors (Lipinski definition) is 1. The van der Waals surface area contributed by atoms with Crippen LogP contribution in [0, 0.1) is 0 Å². The van der Waals surface area contributed by atoms with Gasteiger partial charge in [0.2, 0.25) is 5.91 Å². The van der Waals surface area contributed by atoms with Crippen molar-refractivity contribution in [3.8, 4) is 0 Å². The van der Waals surface area contributed by atoms with Crippen LogP contribution in [0.15, 0.2) is 109 Å². The van der Waals surface area contributed by atoms with Crippen LogP contribution in [0.1, 0.15) is 252 Å². The highest BCUT2D eigenvalue weighted by Gasteiger charge is 2.27. The summed E-state index contributed by atoms with van der Waals surface area (Å²) in [4.78, 5) is 40.0. The zero-order valence-corrected chi connectivity index (χ0v) is 51.3. The van der Waals surface area contributed by atoms with E-state index in [1.54, 1.807) is 0 Å². The first kappa shape index (κ1) is 73.7. The molecule has 0 spiro atoms. The molecule has 0 aliphatic rings. The third-order valence-corrected chi connectivity index (χ3v) is 14.2. The lowest BCUT2D eigenvalue weighted by Crippen LogP contribution is -2.47. The van der Waals surface area contributed by atoms with Crippen molar-refractivity contribution >= 4 is 19.7 Å². The normalized spacial score (nSPS) is 14.4. The molecule has 0 aliphatic carbocycles. The van der Waals surface area contributed by atoms with E-state index in [1.165, 1.54) is 96.3 Å². The molecule has 0 radical (unpaired) electrons. The van der Waals surface area contributed by atoms with Gasteiger partial charge in [-0.25, -0.2) is 0 Å². The number of carbonyl (C=O) groups is 2. The number of unbranched alkanes of at least 4 members (excludes halogenated alkanes) is 25. The fourth-order valence-electron chi connectivity index (χ4n) is 8.49. The molecule has 0 bridgehead atoms. The van der Waals surface area contributed by atoms with Gasteiger partial charge in [0.25, 0.3) is 7.82 Å². The Morgan fingerprint density at radius 3 is 1.39 bits per heavy atom. The second kappa shape index (κ2) is 56.0. The number of hydrogen-bond acceptors (Lipinski definition) is 7. The summed E-state index contributed by atoms with van der Waals surface area (Å²) in [6.45, 7) is 6.58. The number of carbonyl (C=O) groups excluding carboxylic acids is 2. The Labute approximate surface area is 474 Å². The van der Waals surface area contributed by atoms with E-state index < -0.39 is 26.6 Å². The SMILES string of the molecule is CC/C=C\C/C=C\C/C=C\C/C=C\C/C=C\CCCCCCCCCC(=O)NC(COP(=O)([O-])OCC[N+](C)(C)C)C(/C=C\CCCCCCCCCCCCC)OC(=O)CCCCCCCCC/C=C/C=C/C=C/CC. The van der Waals surface area contributed by atoms with Crippen LogP contribution in [-0.4, -0.2) is 69.4 Å². The highest BCUT2D eigenvalue weighted by molar-refractivity contribution is 7.45. The van der Waals surface area contributed by atoms with Crippen molar-refractivity contribution in [1.29, 1.82) is 0 Å². The van der Waals surface area contributed by atoms with E-state index in [0.717, 1.165) is 116 Å². The largest absolute Gasteiger partial charge is 0.756 e. The smallest absolute Gasteiger partial charge is 0.306 e. The number of allylic oxidation sites excluding steroid dienone is 17. The zero-order chi connectivity index (χ0) is 56.4. The van der Waals surface area contributed by atoms with Crippen LogP contribution in [0.25, 0.3) is 0 Å². The van der Waals surface area contributed by atoms with Gasteiger partial charge in [-0.2, -0.15) is 0 Å². The first-order valence-electron chi connectivity index (χ1n) is 31.2. The first-order valence-corrected chi connectivity index (χ1v) is 32.7. The average molecular weight is 1090 g/mol. The van der Waals surface area contributed by atoms with E-state index in [0.29, 0.717) is 23.9 Å². The van der Waals surface area contributed by atoms with Crippen molar-refractivity contribution in [3.63, 3.8) is 0 Å². The van der Waals surface area contributed by atoms with Crippen LogP contribution in [0.3, 0.4) is 0 Å². The van der Waals surface area contributed by atoms with Gasteiger partial charge in [0.15, 0.2) is 0 Å².